The van der Waals surface area contributed by atoms with Crippen molar-refractivity contribution in [2.24, 2.45) is 0 Å². The summed E-state index contributed by atoms with van der Waals surface area (Å²) in [5.74, 6) is -0.646. The molecular weight excluding hydrogens is 450 g/mol. The highest BCUT2D eigenvalue weighted by molar-refractivity contribution is 5.81. The highest BCUT2D eigenvalue weighted by atomic mass is 16.7. The van der Waals surface area contributed by atoms with Gasteiger partial charge in [0.2, 0.25) is 11.2 Å². The van der Waals surface area contributed by atoms with Gasteiger partial charge < -0.3 is 34.9 Å². The van der Waals surface area contributed by atoms with E-state index in [4.69, 9.17) is 24.7 Å². The summed E-state index contributed by atoms with van der Waals surface area (Å²) in [6.07, 6.45) is -4.68. The second-order valence-electron chi connectivity index (χ2n) is 9.28. The molecule has 2 aromatic rings. The minimum atomic E-state index is -2.04. The van der Waals surface area contributed by atoms with Crippen LogP contribution in [0.5, 0.6) is 0 Å². The van der Waals surface area contributed by atoms with Gasteiger partial charge in [-0.15, -0.1) is 0 Å². The maximum Gasteiger partial charge on any atom is 0.509 e. The molecule has 0 radical (unpaired) electrons. The fraction of sp³-hybridized carbons (Fsp3) is 0.571. The van der Waals surface area contributed by atoms with E-state index in [0.29, 0.717) is 5.52 Å². The first-order chi connectivity index (χ1) is 15.7. The lowest BCUT2D eigenvalue weighted by molar-refractivity contribution is -0.176. The number of esters is 1. The Bertz CT molecular complexity index is 1130. The molecule has 1 fully saturated rings. The summed E-state index contributed by atoms with van der Waals surface area (Å²) < 4.78 is 22.2. The largest absolute Gasteiger partial charge is 0.509 e. The zero-order valence-electron chi connectivity index (χ0n) is 19.4. The smallest absolute Gasteiger partial charge is 0.457 e. The van der Waals surface area contributed by atoms with Crippen LogP contribution in [-0.2, 0) is 29.3 Å². The number of hydrogen-bond acceptors (Lipinski definition) is 12. The van der Waals surface area contributed by atoms with E-state index in [9.17, 15) is 25.1 Å². The number of nitriles is 1. The van der Waals surface area contributed by atoms with Crippen molar-refractivity contribution in [1.82, 2.24) is 14.6 Å². The standard InChI is InChI=1S/C21H27N5O8/c1-19(2,3)33-17(29)20(4,5)34-18(30)31-8-12-14(27)15(28)21(9-22,32-12)13-7-6-11-16(23)24-10-25-26(11)13/h6-7,10,12,14-15,27-28H,8H2,1-5H3,(H2,23,24,25)/t12-,14-,15-,21+/m1/s1. The molecule has 1 aliphatic heterocycles. The first-order valence-corrected chi connectivity index (χ1v) is 10.3. The van der Waals surface area contributed by atoms with Gasteiger partial charge in [0.1, 0.15) is 48.4 Å². The molecule has 13 nitrogen and oxygen atoms in total. The predicted molar refractivity (Wildman–Crippen MR) is 114 cm³/mol. The number of carbonyl (C=O) groups is 2. The summed E-state index contributed by atoms with van der Waals surface area (Å²) in [7, 11) is 0. The fourth-order valence-corrected chi connectivity index (χ4v) is 3.38. The lowest BCUT2D eigenvalue weighted by Crippen LogP contribution is -2.43. The SMILES string of the molecule is CC(C)(C)OC(=O)C(C)(C)OC(=O)OC[C@H]1O[C@@](C#N)(c2ccc3c(N)ncnn23)[C@H](O)[C@@H]1O. The van der Waals surface area contributed by atoms with Gasteiger partial charge in [-0.25, -0.2) is 19.1 Å². The van der Waals surface area contributed by atoms with Crippen molar-refractivity contribution in [2.45, 2.75) is 69.7 Å². The van der Waals surface area contributed by atoms with Crippen molar-refractivity contribution >= 4 is 23.5 Å². The number of aromatic nitrogens is 3. The third kappa shape index (κ3) is 4.60. The number of nitrogens with zero attached hydrogens (tertiary/aromatic N) is 4. The number of anilines is 1. The third-order valence-corrected chi connectivity index (χ3v) is 5.08. The van der Waals surface area contributed by atoms with Gasteiger partial charge >= 0.3 is 12.1 Å². The van der Waals surface area contributed by atoms with E-state index in [1.807, 2.05) is 6.07 Å². The molecule has 0 unspecified atom stereocenters. The number of rotatable bonds is 5. The quantitative estimate of drug-likeness (QED) is 0.504. The second kappa shape index (κ2) is 8.71. The molecule has 0 spiro atoms. The van der Waals surface area contributed by atoms with Crippen LogP contribution < -0.4 is 5.73 Å². The molecule has 3 rings (SSSR count). The highest BCUT2D eigenvalue weighted by Gasteiger charge is 2.58. The number of carbonyl (C=O) groups excluding carboxylic acids is 2. The molecule has 13 heteroatoms. The zero-order valence-corrected chi connectivity index (χ0v) is 19.4. The summed E-state index contributed by atoms with van der Waals surface area (Å²) in [6.45, 7) is 7.09. The van der Waals surface area contributed by atoms with E-state index >= 15 is 0 Å². The number of hydrogen-bond donors (Lipinski definition) is 3. The van der Waals surface area contributed by atoms with Gasteiger partial charge in [-0.2, -0.15) is 10.4 Å². The number of aliphatic hydroxyl groups is 2. The fourth-order valence-electron chi connectivity index (χ4n) is 3.38. The van der Waals surface area contributed by atoms with Gasteiger partial charge in [0, 0.05) is 0 Å². The van der Waals surface area contributed by atoms with Crippen molar-refractivity contribution in [3.63, 3.8) is 0 Å². The third-order valence-electron chi connectivity index (χ3n) is 5.08. The van der Waals surface area contributed by atoms with Crippen molar-refractivity contribution < 1.29 is 38.7 Å². The molecule has 0 aromatic carbocycles. The normalized spacial score (nSPS) is 25.1. The summed E-state index contributed by atoms with van der Waals surface area (Å²) in [5.41, 5.74) is 1.79. The van der Waals surface area contributed by atoms with Crippen LogP contribution in [0.1, 0.15) is 40.3 Å². The Kier molecular flexibility index (Phi) is 6.45. The van der Waals surface area contributed by atoms with Crippen LogP contribution in [0.25, 0.3) is 5.52 Å². The van der Waals surface area contributed by atoms with Crippen molar-refractivity contribution in [3.8, 4) is 6.07 Å². The Hall–Kier alpha value is -3.47. The van der Waals surface area contributed by atoms with E-state index in [0.717, 1.165) is 6.33 Å². The molecule has 0 saturated carbocycles. The number of aliphatic hydroxyl groups excluding tert-OH is 2. The van der Waals surface area contributed by atoms with Crippen molar-refractivity contribution in [3.05, 3.63) is 24.2 Å². The molecule has 0 bridgehead atoms. The molecule has 4 atom stereocenters. The van der Waals surface area contributed by atoms with Gasteiger partial charge in [0.05, 0.1) is 5.69 Å². The van der Waals surface area contributed by atoms with Crippen LogP contribution in [0.4, 0.5) is 10.6 Å². The number of nitrogen functional groups attached to an aromatic ring is 1. The Morgan fingerprint density at radius 1 is 1.26 bits per heavy atom. The predicted octanol–water partition coefficient (Wildman–Crippen LogP) is 0.424. The van der Waals surface area contributed by atoms with Gasteiger partial charge in [0.25, 0.3) is 0 Å². The number of fused-ring (bicyclic) bond motifs is 1. The van der Waals surface area contributed by atoms with Gasteiger partial charge in [0.15, 0.2) is 5.82 Å². The molecule has 3 heterocycles. The minimum absolute atomic E-state index is 0.0989. The van der Waals surface area contributed by atoms with E-state index < -0.39 is 53.8 Å². The van der Waals surface area contributed by atoms with E-state index in [-0.39, 0.29) is 11.5 Å². The molecule has 4 N–H and O–H groups in total. The van der Waals surface area contributed by atoms with Crippen LogP contribution in [-0.4, -0.2) is 73.1 Å². The van der Waals surface area contributed by atoms with Crippen LogP contribution in [0.15, 0.2) is 18.5 Å². The van der Waals surface area contributed by atoms with Gasteiger partial charge in [-0.1, -0.05) is 0 Å². The zero-order chi connectivity index (χ0) is 25.5. The summed E-state index contributed by atoms with van der Waals surface area (Å²) in [6, 6.07) is 4.87. The lowest BCUT2D eigenvalue weighted by atomic mass is 9.92. The minimum Gasteiger partial charge on any atom is -0.457 e. The Labute approximate surface area is 195 Å². The summed E-state index contributed by atoms with van der Waals surface area (Å²) in [4.78, 5) is 28.3. The molecule has 1 aliphatic rings. The Morgan fingerprint density at radius 3 is 2.56 bits per heavy atom. The summed E-state index contributed by atoms with van der Waals surface area (Å²) >= 11 is 0. The Balaban J connectivity index is 1.72. The first kappa shape index (κ1) is 25.2. The van der Waals surface area contributed by atoms with Gasteiger partial charge in [-0.3, -0.25) is 0 Å². The summed E-state index contributed by atoms with van der Waals surface area (Å²) in [5, 5.41) is 35.1. The second-order valence-corrected chi connectivity index (χ2v) is 9.28. The topological polar surface area (TPSA) is 192 Å². The highest BCUT2D eigenvalue weighted by Crippen LogP contribution is 2.40. The molecule has 34 heavy (non-hydrogen) atoms. The first-order valence-electron chi connectivity index (χ1n) is 10.3. The van der Waals surface area contributed by atoms with E-state index in [2.05, 4.69) is 10.1 Å². The molecular formula is C21H27N5O8. The maximum atomic E-state index is 12.2. The van der Waals surface area contributed by atoms with Crippen LogP contribution in [0.3, 0.4) is 0 Å². The number of nitrogens with two attached hydrogens (primary N) is 1. The molecule has 1 saturated heterocycles. The van der Waals surface area contributed by atoms with Crippen molar-refractivity contribution in [2.75, 3.05) is 12.3 Å². The van der Waals surface area contributed by atoms with Crippen LogP contribution in [0, 0.1) is 11.3 Å². The number of ether oxygens (including phenoxy) is 4. The molecule has 0 amide bonds. The molecule has 0 aliphatic carbocycles. The average molecular weight is 477 g/mol. The molecule has 2 aromatic heterocycles. The molecule has 184 valence electrons. The van der Waals surface area contributed by atoms with E-state index in [1.165, 1.54) is 30.5 Å². The Morgan fingerprint density at radius 2 is 1.94 bits per heavy atom. The van der Waals surface area contributed by atoms with Gasteiger partial charge in [-0.05, 0) is 46.8 Å². The lowest BCUT2D eigenvalue weighted by Gasteiger charge is -2.28. The van der Waals surface area contributed by atoms with Crippen LogP contribution >= 0.6 is 0 Å². The average Bonchev–Trinajstić information content (AvgIpc) is 3.27. The maximum absolute atomic E-state index is 12.2. The monoisotopic (exact) mass is 477 g/mol. The van der Waals surface area contributed by atoms with Crippen LogP contribution in [0.2, 0.25) is 0 Å². The van der Waals surface area contributed by atoms with E-state index in [1.54, 1.807) is 20.8 Å². The van der Waals surface area contributed by atoms with Crippen molar-refractivity contribution in [1.29, 1.82) is 5.26 Å².